The summed E-state index contributed by atoms with van der Waals surface area (Å²) in [5.41, 5.74) is 7.91. The first-order valence-electron chi connectivity index (χ1n) is 7.06. The fourth-order valence-electron chi connectivity index (χ4n) is 1.98. The summed E-state index contributed by atoms with van der Waals surface area (Å²) in [6.07, 6.45) is 1.62. The Balaban J connectivity index is 3.25. The van der Waals surface area contributed by atoms with Gasteiger partial charge in [0.2, 0.25) is 0 Å². The maximum absolute atomic E-state index is 10.9. The molecule has 124 valence electrons. The number of anilines is 1. The van der Waals surface area contributed by atoms with E-state index in [0.717, 1.165) is 12.8 Å². The van der Waals surface area contributed by atoms with Crippen molar-refractivity contribution >= 4 is 29.5 Å². The predicted octanol–water partition coefficient (Wildman–Crippen LogP) is 1.15. The summed E-state index contributed by atoms with van der Waals surface area (Å²) in [7, 11) is 5.36. The summed E-state index contributed by atoms with van der Waals surface area (Å²) in [5.74, 6) is 0.137. The van der Waals surface area contributed by atoms with Crippen LogP contribution in [0, 0.1) is 10.8 Å². The van der Waals surface area contributed by atoms with Crippen molar-refractivity contribution < 1.29 is 9.53 Å². The van der Waals surface area contributed by atoms with Gasteiger partial charge < -0.3 is 26.1 Å². The Morgan fingerprint density at radius 1 is 1.43 bits per heavy atom. The number of nitrogens with one attached hydrogen (secondary N) is 3. The monoisotopic (exact) mass is 317 g/mol. The molecule has 0 unspecified atom stereocenters. The second kappa shape index (κ2) is 8.70. The van der Waals surface area contributed by atoms with Gasteiger partial charge in [-0.1, -0.05) is 12.1 Å². The van der Waals surface area contributed by atoms with E-state index in [1.165, 1.54) is 7.11 Å². The minimum Gasteiger partial charge on any atom is -0.482 e. The third kappa shape index (κ3) is 4.93. The molecule has 0 aliphatic carbocycles. The van der Waals surface area contributed by atoms with Crippen LogP contribution in [-0.4, -0.2) is 57.4 Å². The molecule has 1 aromatic carbocycles. The number of nitrogens with two attached hydrogens (primary N) is 1. The standard InChI is InChI=1S/C16H23N5O2/c1-21(2)7-6-20-15-8-11(13(9-17)16(19)23-3)4-5-12(15)14(18)10-22/h4-5,8-10,17-18,20H,6-7,19H2,1-3H3/b16-13-,17-9?,18-14?. The fraction of sp³-hybridized carbons (Fsp3) is 0.312. The van der Waals surface area contributed by atoms with Crippen molar-refractivity contribution in [1.29, 1.82) is 10.8 Å². The lowest BCUT2D eigenvalue weighted by Crippen LogP contribution is -2.21. The molecule has 0 saturated carbocycles. The van der Waals surface area contributed by atoms with Gasteiger partial charge in [-0.3, -0.25) is 10.2 Å². The molecule has 0 fully saturated rings. The molecule has 5 N–H and O–H groups in total. The number of rotatable bonds is 9. The van der Waals surface area contributed by atoms with Crippen LogP contribution in [0.5, 0.6) is 0 Å². The van der Waals surface area contributed by atoms with Crippen LogP contribution in [0.1, 0.15) is 11.1 Å². The molecular weight excluding hydrogens is 294 g/mol. The van der Waals surface area contributed by atoms with Gasteiger partial charge in [-0.05, 0) is 25.7 Å². The molecule has 7 nitrogen and oxygen atoms in total. The number of benzene rings is 1. The van der Waals surface area contributed by atoms with Gasteiger partial charge in [-0.15, -0.1) is 0 Å². The summed E-state index contributed by atoms with van der Waals surface area (Å²) < 4.78 is 4.99. The molecule has 1 rings (SSSR count). The van der Waals surface area contributed by atoms with Crippen LogP contribution in [0.4, 0.5) is 5.69 Å². The Morgan fingerprint density at radius 3 is 2.65 bits per heavy atom. The lowest BCUT2D eigenvalue weighted by atomic mass is 10.0. The zero-order valence-electron chi connectivity index (χ0n) is 13.6. The topological polar surface area (TPSA) is 115 Å². The lowest BCUT2D eigenvalue weighted by Gasteiger charge is -2.16. The molecule has 7 heteroatoms. The van der Waals surface area contributed by atoms with E-state index in [1.54, 1.807) is 18.2 Å². The number of carbonyl (C=O) groups is 1. The minimum absolute atomic E-state index is 0.107. The van der Waals surface area contributed by atoms with Crippen molar-refractivity contribution in [2.24, 2.45) is 5.73 Å². The molecular formula is C16H23N5O2. The van der Waals surface area contributed by atoms with Gasteiger partial charge in [0, 0.05) is 30.6 Å². The summed E-state index contributed by atoms with van der Waals surface area (Å²) in [5, 5.41) is 18.5. The number of allylic oxidation sites excluding steroid dienone is 1. The predicted molar refractivity (Wildman–Crippen MR) is 93.3 cm³/mol. The van der Waals surface area contributed by atoms with Crippen molar-refractivity contribution in [1.82, 2.24) is 4.90 Å². The maximum atomic E-state index is 10.9. The van der Waals surface area contributed by atoms with Crippen LogP contribution in [0.25, 0.3) is 5.57 Å². The van der Waals surface area contributed by atoms with E-state index in [0.29, 0.717) is 35.2 Å². The zero-order chi connectivity index (χ0) is 17.4. The molecule has 0 radical (unpaired) electrons. The lowest BCUT2D eigenvalue weighted by molar-refractivity contribution is -0.102. The average Bonchev–Trinajstić information content (AvgIpc) is 2.54. The Bertz CT molecular complexity index is 623. The smallest absolute Gasteiger partial charge is 0.193 e. The summed E-state index contributed by atoms with van der Waals surface area (Å²) in [4.78, 5) is 12.9. The van der Waals surface area contributed by atoms with Crippen molar-refractivity contribution in [3.8, 4) is 0 Å². The quantitative estimate of drug-likeness (QED) is 0.310. The highest BCUT2D eigenvalue weighted by molar-refractivity contribution is 6.36. The first-order valence-corrected chi connectivity index (χ1v) is 7.06. The zero-order valence-corrected chi connectivity index (χ0v) is 13.6. The van der Waals surface area contributed by atoms with Gasteiger partial charge in [0.25, 0.3) is 0 Å². The Morgan fingerprint density at radius 2 is 2.13 bits per heavy atom. The molecule has 1 aromatic rings. The summed E-state index contributed by atoms with van der Waals surface area (Å²) in [6, 6.07) is 5.13. The second-order valence-electron chi connectivity index (χ2n) is 5.15. The van der Waals surface area contributed by atoms with Crippen LogP contribution < -0.4 is 11.1 Å². The van der Waals surface area contributed by atoms with Crippen molar-refractivity contribution in [3.05, 3.63) is 35.2 Å². The normalized spacial score (nSPS) is 11.7. The van der Waals surface area contributed by atoms with E-state index in [9.17, 15) is 4.79 Å². The molecule has 0 heterocycles. The molecule has 0 aliphatic rings. The highest BCUT2D eigenvalue weighted by atomic mass is 16.5. The number of aldehydes is 1. The van der Waals surface area contributed by atoms with E-state index in [1.807, 2.05) is 19.0 Å². The number of hydrogen-bond donors (Lipinski definition) is 4. The molecule has 0 saturated heterocycles. The fourth-order valence-corrected chi connectivity index (χ4v) is 1.98. The van der Waals surface area contributed by atoms with Crippen molar-refractivity contribution in [2.45, 2.75) is 0 Å². The largest absolute Gasteiger partial charge is 0.482 e. The number of nitrogens with zero attached hydrogens (tertiary/aromatic N) is 1. The average molecular weight is 317 g/mol. The second-order valence-corrected chi connectivity index (χ2v) is 5.15. The van der Waals surface area contributed by atoms with E-state index < -0.39 is 0 Å². The van der Waals surface area contributed by atoms with Gasteiger partial charge in [0.1, 0.15) is 5.71 Å². The number of ether oxygens (including phenoxy) is 1. The number of methoxy groups -OCH3 is 1. The summed E-state index contributed by atoms with van der Waals surface area (Å²) >= 11 is 0. The highest BCUT2D eigenvalue weighted by Crippen LogP contribution is 2.23. The number of carbonyl (C=O) groups excluding carboxylic acids is 1. The van der Waals surface area contributed by atoms with Crippen LogP contribution >= 0.6 is 0 Å². The van der Waals surface area contributed by atoms with Crippen LogP contribution in [0.2, 0.25) is 0 Å². The van der Waals surface area contributed by atoms with Crippen LogP contribution in [-0.2, 0) is 9.53 Å². The van der Waals surface area contributed by atoms with Gasteiger partial charge in [0.15, 0.2) is 12.2 Å². The van der Waals surface area contributed by atoms with Gasteiger partial charge in [-0.2, -0.15) is 0 Å². The molecule has 23 heavy (non-hydrogen) atoms. The van der Waals surface area contributed by atoms with Gasteiger partial charge >= 0.3 is 0 Å². The van der Waals surface area contributed by atoms with Gasteiger partial charge in [0.05, 0.1) is 12.7 Å². The first kappa shape index (κ1) is 18.4. The summed E-state index contributed by atoms with van der Waals surface area (Å²) in [6.45, 7) is 1.45. The van der Waals surface area contributed by atoms with Crippen LogP contribution in [0.3, 0.4) is 0 Å². The molecule has 0 bridgehead atoms. The van der Waals surface area contributed by atoms with E-state index >= 15 is 0 Å². The van der Waals surface area contributed by atoms with E-state index in [2.05, 4.69) is 5.32 Å². The van der Waals surface area contributed by atoms with Gasteiger partial charge in [-0.25, -0.2) is 0 Å². The molecule has 0 aliphatic heterocycles. The van der Waals surface area contributed by atoms with E-state index in [-0.39, 0.29) is 11.6 Å². The number of hydrogen-bond acceptors (Lipinski definition) is 7. The Hall–Kier alpha value is -2.67. The molecule has 0 spiro atoms. The Labute approximate surface area is 136 Å². The minimum atomic E-state index is -0.107. The maximum Gasteiger partial charge on any atom is 0.193 e. The first-order chi connectivity index (χ1) is 10.9. The van der Waals surface area contributed by atoms with Crippen molar-refractivity contribution in [3.63, 3.8) is 0 Å². The SMILES string of the molecule is CO/C(N)=C(/C=N)c1ccc(C(=N)C=O)c(NCCN(C)C)c1. The Kier molecular flexibility index (Phi) is 6.95. The molecule has 0 aromatic heterocycles. The van der Waals surface area contributed by atoms with Crippen molar-refractivity contribution in [2.75, 3.05) is 39.6 Å². The highest BCUT2D eigenvalue weighted by Gasteiger charge is 2.12. The third-order valence-corrected chi connectivity index (χ3v) is 3.24. The number of likely N-dealkylation sites (N-methyl/N-ethyl adjacent to an activating group) is 1. The third-order valence-electron chi connectivity index (χ3n) is 3.24. The molecule has 0 atom stereocenters. The molecule has 0 amide bonds. The van der Waals surface area contributed by atoms with E-state index in [4.69, 9.17) is 21.3 Å². The van der Waals surface area contributed by atoms with Crippen LogP contribution in [0.15, 0.2) is 24.1 Å².